The van der Waals surface area contributed by atoms with Crippen LogP contribution in [0.15, 0.2) is 89.9 Å². The van der Waals surface area contributed by atoms with Gasteiger partial charge in [-0.15, -0.1) is 0 Å². The largest absolute Gasteiger partial charge is 0.442 e. The number of rotatable bonds is 4. The summed E-state index contributed by atoms with van der Waals surface area (Å²) >= 11 is 0. The van der Waals surface area contributed by atoms with Crippen LogP contribution in [0.3, 0.4) is 0 Å². The zero-order valence-electron chi connectivity index (χ0n) is 16.4. The van der Waals surface area contributed by atoms with Crippen molar-refractivity contribution in [3.05, 3.63) is 102 Å². The summed E-state index contributed by atoms with van der Waals surface area (Å²) in [6, 6.07) is 26.4. The zero-order chi connectivity index (χ0) is 20.9. The Bertz CT molecular complexity index is 1080. The molecule has 3 aromatic rings. The van der Waals surface area contributed by atoms with Crippen molar-refractivity contribution in [3.8, 4) is 0 Å². The summed E-state index contributed by atoms with van der Waals surface area (Å²) in [5.74, 6) is -0.433. The number of para-hydroxylation sites is 1. The minimum atomic E-state index is -1.12. The normalized spacial score (nSPS) is 16.4. The van der Waals surface area contributed by atoms with Gasteiger partial charge in [-0.05, 0) is 18.6 Å². The standard InChI is InChI=1S/C24H21N3O3/c1-16(17-10-4-2-5-11-17)30-24(29)27-22-23(28)25-20-15-9-8-14-19(20)21(26-22)18-12-6-3-7-13-18/h2-16,22H,1H3,(H,25,28)(H,27,29)/t16-,22+/m0/s1. The van der Waals surface area contributed by atoms with E-state index in [2.05, 4.69) is 15.6 Å². The lowest BCUT2D eigenvalue weighted by Gasteiger charge is -2.17. The fourth-order valence-electron chi connectivity index (χ4n) is 3.28. The molecule has 0 fully saturated rings. The molecule has 0 radical (unpaired) electrons. The van der Waals surface area contributed by atoms with Crippen molar-refractivity contribution in [1.82, 2.24) is 5.32 Å². The van der Waals surface area contributed by atoms with Gasteiger partial charge in [0.1, 0.15) is 6.10 Å². The van der Waals surface area contributed by atoms with Gasteiger partial charge in [0.15, 0.2) is 0 Å². The second-order valence-electron chi connectivity index (χ2n) is 6.88. The van der Waals surface area contributed by atoms with E-state index in [0.29, 0.717) is 11.4 Å². The van der Waals surface area contributed by atoms with Crippen LogP contribution in [-0.2, 0) is 9.53 Å². The second-order valence-corrected chi connectivity index (χ2v) is 6.88. The predicted octanol–water partition coefficient (Wildman–Crippen LogP) is 4.29. The van der Waals surface area contributed by atoms with E-state index in [0.717, 1.165) is 16.7 Å². The number of amides is 2. The van der Waals surface area contributed by atoms with E-state index >= 15 is 0 Å². The second kappa shape index (κ2) is 8.61. The summed E-state index contributed by atoms with van der Waals surface area (Å²) < 4.78 is 5.45. The van der Waals surface area contributed by atoms with Crippen LogP contribution in [0.5, 0.6) is 0 Å². The molecule has 0 spiro atoms. The molecule has 1 aliphatic heterocycles. The summed E-state index contributed by atoms with van der Waals surface area (Å²) in [5.41, 5.74) is 3.75. The van der Waals surface area contributed by atoms with Gasteiger partial charge in [-0.2, -0.15) is 0 Å². The Morgan fingerprint density at radius 1 is 0.967 bits per heavy atom. The van der Waals surface area contributed by atoms with Gasteiger partial charge in [0.25, 0.3) is 5.91 Å². The first-order valence-electron chi connectivity index (χ1n) is 9.67. The van der Waals surface area contributed by atoms with Gasteiger partial charge in [0.05, 0.1) is 11.4 Å². The highest BCUT2D eigenvalue weighted by atomic mass is 16.6. The fourth-order valence-corrected chi connectivity index (χ4v) is 3.28. The number of fused-ring (bicyclic) bond motifs is 1. The first-order valence-corrected chi connectivity index (χ1v) is 9.67. The van der Waals surface area contributed by atoms with Crippen molar-refractivity contribution in [2.24, 2.45) is 4.99 Å². The third-order valence-corrected chi connectivity index (χ3v) is 4.80. The number of aliphatic imine (C=N–C) groups is 1. The summed E-state index contributed by atoms with van der Waals surface area (Å²) in [5, 5.41) is 5.42. The highest BCUT2D eigenvalue weighted by Crippen LogP contribution is 2.24. The fraction of sp³-hybridized carbons (Fsp3) is 0.125. The van der Waals surface area contributed by atoms with Gasteiger partial charge >= 0.3 is 6.09 Å². The Kier molecular flexibility index (Phi) is 5.57. The van der Waals surface area contributed by atoms with E-state index in [-0.39, 0.29) is 0 Å². The number of nitrogens with one attached hydrogen (secondary N) is 2. The molecule has 6 heteroatoms. The molecule has 2 amide bonds. The van der Waals surface area contributed by atoms with Crippen LogP contribution in [-0.4, -0.2) is 23.9 Å². The van der Waals surface area contributed by atoms with Gasteiger partial charge < -0.3 is 10.1 Å². The van der Waals surface area contributed by atoms with Gasteiger partial charge in [0, 0.05) is 11.1 Å². The summed E-state index contributed by atoms with van der Waals surface area (Å²) in [7, 11) is 0. The summed E-state index contributed by atoms with van der Waals surface area (Å²) in [4.78, 5) is 29.8. The Balaban J connectivity index is 1.60. The zero-order valence-corrected chi connectivity index (χ0v) is 16.4. The number of carbonyl (C=O) groups is 2. The van der Waals surface area contributed by atoms with Gasteiger partial charge in [-0.25, -0.2) is 9.79 Å². The van der Waals surface area contributed by atoms with Crippen LogP contribution in [0.25, 0.3) is 0 Å². The van der Waals surface area contributed by atoms with Gasteiger partial charge in [0.2, 0.25) is 6.17 Å². The molecule has 3 aromatic carbocycles. The molecule has 0 aromatic heterocycles. The quantitative estimate of drug-likeness (QED) is 0.687. The van der Waals surface area contributed by atoms with Gasteiger partial charge in [-0.3, -0.25) is 10.1 Å². The number of benzene rings is 3. The predicted molar refractivity (Wildman–Crippen MR) is 115 cm³/mol. The molecule has 150 valence electrons. The van der Waals surface area contributed by atoms with E-state index < -0.39 is 24.3 Å². The number of nitrogens with zero attached hydrogens (tertiary/aromatic N) is 1. The van der Waals surface area contributed by atoms with Crippen LogP contribution in [0.1, 0.15) is 29.7 Å². The van der Waals surface area contributed by atoms with Crippen molar-refractivity contribution in [2.45, 2.75) is 19.2 Å². The van der Waals surface area contributed by atoms with E-state index in [1.807, 2.05) is 84.9 Å². The molecule has 0 saturated heterocycles. The topological polar surface area (TPSA) is 79.8 Å². The van der Waals surface area contributed by atoms with Crippen molar-refractivity contribution in [1.29, 1.82) is 0 Å². The van der Waals surface area contributed by atoms with Crippen LogP contribution < -0.4 is 10.6 Å². The maximum atomic E-state index is 12.8. The van der Waals surface area contributed by atoms with E-state index in [4.69, 9.17) is 4.74 Å². The SMILES string of the molecule is C[C@H](OC(=O)N[C@H]1N=C(c2ccccc2)c2ccccc2NC1=O)c1ccccc1. The lowest BCUT2D eigenvalue weighted by molar-refractivity contribution is -0.117. The third kappa shape index (κ3) is 4.22. The van der Waals surface area contributed by atoms with Crippen LogP contribution in [0, 0.1) is 0 Å². The van der Waals surface area contributed by atoms with E-state index in [1.54, 1.807) is 6.92 Å². The number of anilines is 1. The molecule has 1 heterocycles. The molecule has 2 N–H and O–H groups in total. The molecule has 2 atom stereocenters. The van der Waals surface area contributed by atoms with Crippen molar-refractivity contribution < 1.29 is 14.3 Å². The Morgan fingerprint density at radius 2 is 1.60 bits per heavy atom. The van der Waals surface area contributed by atoms with Gasteiger partial charge in [-0.1, -0.05) is 78.9 Å². The number of hydrogen-bond acceptors (Lipinski definition) is 4. The van der Waals surface area contributed by atoms with Crippen LogP contribution >= 0.6 is 0 Å². The maximum Gasteiger partial charge on any atom is 0.409 e. The summed E-state index contributed by atoms with van der Waals surface area (Å²) in [6.07, 6.45) is -2.30. The Hall–Kier alpha value is -3.93. The van der Waals surface area contributed by atoms with Crippen molar-refractivity contribution in [2.75, 3.05) is 5.32 Å². The third-order valence-electron chi connectivity index (χ3n) is 4.80. The number of carbonyl (C=O) groups excluding carboxylic acids is 2. The number of alkyl carbamates (subject to hydrolysis) is 1. The maximum absolute atomic E-state index is 12.8. The van der Waals surface area contributed by atoms with Crippen molar-refractivity contribution in [3.63, 3.8) is 0 Å². The average Bonchev–Trinajstić information content (AvgIpc) is 2.91. The summed E-state index contributed by atoms with van der Waals surface area (Å²) in [6.45, 7) is 1.77. The Labute approximate surface area is 174 Å². The monoisotopic (exact) mass is 399 g/mol. The molecule has 0 saturated carbocycles. The number of benzodiazepines with no additional fused rings is 1. The van der Waals surface area contributed by atoms with E-state index in [9.17, 15) is 9.59 Å². The molecule has 0 unspecified atom stereocenters. The van der Waals surface area contributed by atoms with Crippen LogP contribution in [0.2, 0.25) is 0 Å². The molecule has 30 heavy (non-hydrogen) atoms. The molecule has 0 bridgehead atoms. The number of ether oxygens (including phenoxy) is 1. The lowest BCUT2D eigenvalue weighted by atomic mass is 10.0. The first kappa shape index (κ1) is 19.4. The molecule has 1 aliphatic rings. The highest BCUT2D eigenvalue weighted by Gasteiger charge is 2.28. The van der Waals surface area contributed by atoms with Crippen LogP contribution in [0.4, 0.5) is 10.5 Å². The average molecular weight is 399 g/mol. The number of hydrogen-bond donors (Lipinski definition) is 2. The van der Waals surface area contributed by atoms with E-state index in [1.165, 1.54) is 0 Å². The molecular weight excluding hydrogens is 378 g/mol. The molecule has 4 rings (SSSR count). The molecular formula is C24H21N3O3. The van der Waals surface area contributed by atoms with Crippen molar-refractivity contribution >= 4 is 23.4 Å². The minimum absolute atomic E-state index is 0.433. The molecule has 6 nitrogen and oxygen atoms in total. The Morgan fingerprint density at radius 3 is 2.33 bits per heavy atom. The highest BCUT2D eigenvalue weighted by molar-refractivity contribution is 6.19. The smallest absolute Gasteiger partial charge is 0.409 e. The lowest BCUT2D eigenvalue weighted by Crippen LogP contribution is -2.42. The molecule has 0 aliphatic carbocycles. The first-order chi connectivity index (χ1) is 14.6. The minimum Gasteiger partial charge on any atom is -0.442 e.